The average Bonchev–Trinajstić information content (AvgIpc) is 2.39. The van der Waals surface area contributed by atoms with E-state index in [2.05, 4.69) is 66.5 Å². The molecule has 1 aromatic heterocycles. The molecule has 0 fully saturated rings. The number of hydrogen-bond donors (Lipinski definition) is 0. The molecule has 3 aromatic rings. The van der Waals surface area contributed by atoms with Crippen LogP contribution in [0.3, 0.4) is 0 Å². The van der Waals surface area contributed by atoms with E-state index in [0.29, 0.717) is 0 Å². The SMILES string of the molecule is c1ccc(-c2cc3ccccc3cp2)cc1. The lowest BCUT2D eigenvalue weighted by Gasteiger charge is -2.02. The third kappa shape index (κ3) is 1.73. The van der Waals surface area contributed by atoms with Crippen molar-refractivity contribution in [3.63, 3.8) is 0 Å². The molecule has 0 aliphatic heterocycles. The zero-order valence-corrected chi connectivity index (χ0v) is 9.69. The lowest BCUT2D eigenvalue weighted by molar-refractivity contribution is 1.70. The molecule has 0 aliphatic carbocycles. The van der Waals surface area contributed by atoms with Crippen molar-refractivity contribution >= 4 is 19.0 Å². The fourth-order valence-electron chi connectivity index (χ4n) is 1.85. The lowest BCUT2D eigenvalue weighted by Crippen LogP contribution is -1.74. The van der Waals surface area contributed by atoms with Crippen molar-refractivity contribution < 1.29 is 0 Å². The summed E-state index contributed by atoms with van der Waals surface area (Å²) in [7, 11) is 1.28. The van der Waals surface area contributed by atoms with Gasteiger partial charge in [-0.2, -0.15) is 0 Å². The first-order valence-electron chi connectivity index (χ1n) is 5.34. The van der Waals surface area contributed by atoms with Gasteiger partial charge in [0.1, 0.15) is 0 Å². The van der Waals surface area contributed by atoms with Crippen LogP contribution in [0.2, 0.25) is 0 Å². The normalized spacial score (nSPS) is 11.0. The van der Waals surface area contributed by atoms with E-state index in [0.717, 1.165) is 0 Å². The highest BCUT2D eigenvalue weighted by molar-refractivity contribution is 7.33. The molecule has 0 bridgehead atoms. The topological polar surface area (TPSA) is 0 Å². The molecular weight excluding hydrogens is 211 g/mol. The van der Waals surface area contributed by atoms with E-state index in [9.17, 15) is 0 Å². The molecule has 0 N–H and O–H groups in total. The highest BCUT2D eigenvalue weighted by Gasteiger charge is 1.98. The van der Waals surface area contributed by atoms with Gasteiger partial charge < -0.3 is 0 Å². The van der Waals surface area contributed by atoms with Gasteiger partial charge in [0, 0.05) is 5.30 Å². The van der Waals surface area contributed by atoms with Crippen LogP contribution in [-0.2, 0) is 0 Å². The lowest BCUT2D eigenvalue weighted by atomic mass is 10.1. The van der Waals surface area contributed by atoms with Crippen LogP contribution in [0.5, 0.6) is 0 Å². The Labute approximate surface area is 96.7 Å². The molecule has 0 atom stereocenters. The third-order valence-corrected chi connectivity index (χ3v) is 3.77. The Morgan fingerprint density at radius 2 is 1.38 bits per heavy atom. The van der Waals surface area contributed by atoms with Gasteiger partial charge >= 0.3 is 0 Å². The Balaban J connectivity index is 2.19. The van der Waals surface area contributed by atoms with Crippen molar-refractivity contribution in [2.45, 2.75) is 0 Å². The van der Waals surface area contributed by atoms with Crippen molar-refractivity contribution in [2.75, 3.05) is 0 Å². The molecule has 0 nitrogen and oxygen atoms in total. The van der Waals surface area contributed by atoms with Gasteiger partial charge in [-0.15, -0.1) is 0 Å². The molecule has 16 heavy (non-hydrogen) atoms. The average molecular weight is 222 g/mol. The molecule has 2 aromatic carbocycles. The number of hydrogen-bond acceptors (Lipinski definition) is 0. The molecular formula is C15H11P. The first-order valence-corrected chi connectivity index (χ1v) is 6.30. The van der Waals surface area contributed by atoms with Crippen LogP contribution < -0.4 is 0 Å². The Hall–Kier alpha value is -1.65. The van der Waals surface area contributed by atoms with Crippen LogP contribution in [0.15, 0.2) is 66.5 Å². The molecule has 0 amide bonds. The predicted molar refractivity (Wildman–Crippen MR) is 71.9 cm³/mol. The monoisotopic (exact) mass is 222 g/mol. The highest BCUT2D eigenvalue weighted by atomic mass is 31.0. The van der Waals surface area contributed by atoms with Crippen molar-refractivity contribution in [3.8, 4) is 10.9 Å². The molecule has 76 valence electrons. The summed E-state index contributed by atoms with van der Waals surface area (Å²) in [6.07, 6.45) is 0. The Morgan fingerprint density at radius 1 is 0.688 bits per heavy atom. The van der Waals surface area contributed by atoms with Gasteiger partial charge in [-0.25, -0.2) is 0 Å². The summed E-state index contributed by atoms with van der Waals surface area (Å²) in [6, 6.07) is 21.4. The summed E-state index contributed by atoms with van der Waals surface area (Å²) in [5.74, 6) is 2.28. The predicted octanol–water partition coefficient (Wildman–Crippen LogP) is 5.09. The molecule has 0 saturated heterocycles. The largest absolute Gasteiger partial charge is 0.0672 e. The smallest absolute Gasteiger partial charge is 0.00965 e. The van der Waals surface area contributed by atoms with Crippen LogP contribution in [0.1, 0.15) is 0 Å². The second-order valence-electron chi connectivity index (χ2n) is 3.78. The van der Waals surface area contributed by atoms with Crippen molar-refractivity contribution in [2.24, 2.45) is 0 Å². The van der Waals surface area contributed by atoms with E-state index >= 15 is 0 Å². The van der Waals surface area contributed by atoms with Crippen LogP contribution in [0.4, 0.5) is 0 Å². The maximum atomic E-state index is 2.28. The van der Waals surface area contributed by atoms with E-state index < -0.39 is 0 Å². The second kappa shape index (κ2) is 4.08. The van der Waals surface area contributed by atoms with Gasteiger partial charge in [0.05, 0.1) is 0 Å². The van der Waals surface area contributed by atoms with Crippen LogP contribution >= 0.6 is 8.19 Å². The summed E-state index contributed by atoms with van der Waals surface area (Å²) in [5.41, 5.74) is 1.31. The minimum absolute atomic E-state index is 1.28. The van der Waals surface area contributed by atoms with E-state index in [4.69, 9.17) is 0 Å². The number of rotatable bonds is 1. The Morgan fingerprint density at radius 3 is 2.19 bits per heavy atom. The second-order valence-corrected chi connectivity index (χ2v) is 4.78. The highest BCUT2D eigenvalue weighted by Crippen LogP contribution is 2.31. The molecule has 0 unspecified atom stereocenters. The third-order valence-electron chi connectivity index (χ3n) is 2.70. The molecule has 1 heterocycles. The van der Waals surface area contributed by atoms with Crippen LogP contribution in [0, 0.1) is 0 Å². The zero-order valence-electron chi connectivity index (χ0n) is 8.80. The van der Waals surface area contributed by atoms with Gasteiger partial charge in [0.15, 0.2) is 0 Å². The van der Waals surface area contributed by atoms with E-state index in [-0.39, 0.29) is 0 Å². The van der Waals surface area contributed by atoms with Crippen molar-refractivity contribution in [3.05, 3.63) is 66.5 Å². The van der Waals surface area contributed by atoms with E-state index in [1.807, 2.05) is 0 Å². The fraction of sp³-hybridized carbons (Fsp3) is 0. The van der Waals surface area contributed by atoms with E-state index in [1.54, 1.807) is 0 Å². The van der Waals surface area contributed by atoms with Crippen LogP contribution in [0.25, 0.3) is 21.6 Å². The first kappa shape index (κ1) is 9.57. The summed E-state index contributed by atoms with van der Waals surface area (Å²) in [5, 5.41) is 4.03. The van der Waals surface area contributed by atoms with Crippen molar-refractivity contribution in [1.29, 1.82) is 0 Å². The molecule has 1 heteroatoms. The van der Waals surface area contributed by atoms with Gasteiger partial charge in [-0.1, -0.05) is 62.8 Å². The minimum atomic E-state index is 1.28. The van der Waals surface area contributed by atoms with Crippen LogP contribution in [-0.4, -0.2) is 0 Å². The standard InChI is InChI=1S/C15H11P/c1-2-6-12(7-3-1)15-10-13-8-4-5-9-14(13)11-16-15/h1-11H. The summed E-state index contributed by atoms with van der Waals surface area (Å²) in [6.45, 7) is 0. The molecule has 0 aliphatic rings. The quantitative estimate of drug-likeness (QED) is 0.538. The minimum Gasteiger partial charge on any atom is -0.0672 e. The Kier molecular flexibility index (Phi) is 2.44. The van der Waals surface area contributed by atoms with Gasteiger partial charge in [-0.3, -0.25) is 0 Å². The summed E-state index contributed by atoms with van der Waals surface area (Å²) < 4.78 is 0. The maximum Gasteiger partial charge on any atom is 0.00965 e. The van der Waals surface area contributed by atoms with Gasteiger partial charge in [0.25, 0.3) is 0 Å². The molecule has 0 spiro atoms. The Bertz CT molecular complexity index is 614. The molecule has 3 rings (SSSR count). The maximum absolute atomic E-state index is 2.28. The van der Waals surface area contributed by atoms with Gasteiger partial charge in [0.2, 0.25) is 0 Å². The first-order chi connectivity index (χ1) is 7.93. The van der Waals surface area contributed by atoms with Crippen molar-refractivity contribution in [1.82, 2.24) is 0 Å². The molecule has 0 radical (unpaired) electrons. The van der Waals surface area contributed by atoms with Gasteiger partial charge in [-0.05, 0) is 28.2 Å². The summed E-state index contributed by atoms with van der Waals surface area (Å²) >= 11 is 0. The van der Waals surface area contributed by atoms with E-state index in [1.165, 1.54) is 29.8 Å². The zero-order chi connectivity index (χ0) is 10.8. The number of benzene rings is 2. The fourth-order valence-corrected chi connectivity index (χ4v) is 2.88. The molecule has 0 saturated carbocycles. The number of fused-ring (bicyclic) bond motifs is 1. The summed E-state index contributed by atoms with van der Waals surface area (Å²) in [4.78, 5) is 0.